The van der Waals surface area contributed by atoms with Gasteiger partial charge in [-0.25, -0.2) is 9.83 Å². The summed E-state index contributed by atoms with van der Waals surface area (Å²) in [5, 5.41) is 6.81. The van der Waals surface area contributed by atoms with Crippen LogP contribution in [0, 0.1) is 6.57 Å². The average Bonchev–Trinajstić information content (AvgIpc) is 3.95. The molecule has 0 amide bonds. The van der Waals surface area contributed by atoms with E-state index in [2.05, 4.69) is 152 Å². The van der Waals surface area contributed by atoms with Gasteiger partial charge < -0.3 is 9.13 Å². The summed E-state index contributed by atoms with van der Waals surface area (Å²) in [5.41, 5.74) is 10.3. The first-order valence-corrected chi connectivity index (χ1v) is 19.6. The van der Waals surface area contributed by atoms with Crippen LogP contribution in [0.5, 0.6) is 0 Å². The van der Waals surface area contributed by atoms with Gasteiger partial charge in [0.05, 0.1) is 45.4 Å². The minimum atomic E-state index is 0.470. The lowest BCUT2D eigenvalue weighted by atomic mass is 10.1. The summed E-state index contributed by atoms with van der Waals surface area (Å²) >= 11 is 0. The molecule has 0 spiro atoms. The molecule has 274 valence electrons. The van der Waals surface area contributed by atoms with Crippen LogP contribution in [0.25, 0.3) is 110 Å². The van der Waals surface area contributed by atoms with E-state index in [4.69, 9.17) is 21.5 Å². The second kappa shape index (κ2) is 12.8. The standard InChI is InChI=1S/C52H31N7/c1-53-34-28-31-47(58-44-25-13-11-23-39(44)41-30-29-40-38-22-10-12-24-43(38)57(48(40)49(41)58)35-18-6-3-7-19-35)42(32-34)51-54-50(33-16-4-2-5-17-33)55-52(56-51)59-45-26-14-8-20-36(45)37-21-9-15-27-46(37)59/h2-32H. The third kappa shape index (κ3) is 4.90. The SMILES string of the molecule is [C-]#[N+]c1ccc(-n2c3ccccc3c3ccc4c5ccccc5n(-c5ccccc5)c4c32)c(-c2nc(-c3ccccc3)nc(-n3c4ccccc4c4ccccc43)n2)c1. The fourth-order valence-corrected chi connectivity index (χ4v) is 9.00. The third-order valence-corrected chi connectivity index (χ3v) is 11.5. The summed E-state index contributed by atoms with van der Waals surface area (Å²) in [4.78, 5) is 19.7. The molecule has 7 nitrogen and oxygen atoms in total. The van der Waals surface area contributed by atoms with E-state index in [-0.39, 0.29) is 0 Å². The molecule has 0 saturated heterocycles. The fourth-order valence-electron chi connectivity index (χ4n) is 9.00. The second-order valence-corrected chi connectivity index (χ2v) is 14.7. The van der Waals surface area contributed by atoms with Crippen LogP contribution in [0.3, 0.4) is 0 Å². The Morgan fingerprint density at radius 2 is 0.864 bits per heavy atom. The van der Waals surface area contributed by atoms with Gasteiger partial charge in [0.25, 0.3) is 0 Å². The average molecular weight is 754 g/mol. The van der Waals surface area contributed by atoms with Crippen molar-refractivity contribution in [1.29, 1.82) is 0 Å². The summed E-state index contributed by atoms with van der Waals surface area (Å²) in [5.74, 6) is 1.51. The summed E-state index contributed by atoms with van der Waals surface area (Å²) < 4.78 is 6.86. The second-order valence-electron chi connectivity index (χ2n) is 14.7. The van der Waals surface area contributed by atoms with E-state index in [1.165, 1.54) is 5.39 Å². The number of fused-ring (bicyclic) bond motifs is 10. The van der Waals surface area contributed by atoms with Crippen molar-refractivity contribution in [3.05, 3.63) is 199 Å². The Bertz CT molecular complexity index is 3630. The molecule has 8 aromatic carbocycles. The zero-order chi connectivity index (χ0) is 39.0. The van der Waals surface area contributed by atoms with Gasteiger partial charge in [-0.15, -0.1) is 0 Å². The predicted molar refractivity (Wildman–Crippen MR) is 240 cm³/mol. The smallest absolute Gasteiger partial charge is 0.238 e. The highest BCUT2D eigenvalue weighted by Crippen LogP contribution is 2.44. The molecule has 0 aliphatic heterocycles. The van der Waals surface area contributed by atoms with Gasteiger partial charge in [-0.3, -0.25) is 4.57 Å². The van der Waals surface area contributed by atoms with Gasteiger partial charge in [-0.05, 0) is 48.5 Å². The van der Waals surface area contributed by atoms with Crippen LogP contribution in [0.4, 0.5) is 5.69 Å². The van der Waals surface area contributed by atoms with E-state index >= 15 is 0 Å². The van der Waals surface area contributed by atoms with Crippen molar-refractivity contribution in [3.63, 3.8) is 0 Å². The summed E-state index contributed by atoms with van der Waals surface area (Å²) in [6.07, 6.45) is 0. The molecule has 0 radical (unpaired) electrons. The van der Waals surface area contributed by atoms with Gasteiger partial charge >= 0.3 is 0 Å². The Labute approximate surface area is 338 Å². The molecule has 4 aromatic heterocycles. The zero-order valence-corrected chi connectivity index (χ0v) is 31.5. The van der Waals surface area contributed by atoms with Crippen molar-refractivity contribution >= 4 is 71.1 Å². The lowest BCUT2D eigenvalue weighted by molar-refractivity contribution is 0.952. The summed E-state index contributed by atoms with van der Waals surface area (Å²) in [7, 11) is 0. The zero-order valence-electron chi connectivity index (χ0n) is 31.5. The predicted octanol–water partition coefficient (Wildman–Crippen LogP) is 13.0. The highest BCUT2D eigenvalue weighted by molar-refractivity contribution is 6.24. The number of aromatic nitrogens is 6. The van der Waals surface area contributed by atoms with E-state index in [0.29, 0.717) is 23.3 Å². The van der Waals surface area contributed by atoms with Gasteiger partial charge in [0.1, 0.15) is 0 Å². The first-order chi connectivity index (χ1) is 29.2. The van der Waals surface area contributed by atoms with Crippen LogP contribution in [-0.2, 0) is 0 Å². The minimum absolute atomic E-state index is 0.470. The molecule has 59 heavy (non-hydrogen) atoms. The van der Waals surface area contributed by atoms with Crippen LogP contribution < -0.4 is 0 Å². The lowest BCUT2D eigenvalue weighted by Crippen LogP contribution is -2.08. The molecular formula is C52H31N7. The van der Waals surface area contributed by atoms with Crippen molar-refractivity contribution in [2.24, 2.45) is 0 Å². The number of hydrogen-bond acceptors (Lipinski definition) is 3. The number of hydrogen-bond donors (Lipinski definition) is 0. The summed E-state index contributed by atoms with van der Waals surface area (Å²) in [6.45, 7) is 8.17. The Morgan fingerprint density at radius 3 is 1.46 bits per heavy atom. The maximum atomic E-state index is 8.17. The first kappa shape index (κ1) is 32.9. The van der Waals surface area contributed by atoms with E-state index < -0.39 is 0 Å². The molecule has 12 rings (SSSR count). The largest absolute Gasteiger partial charge is 0.307 e. The third-order valence-electron chi connectivity index (χ3n) is 11.5. The van der Waals surface area contributed by atoms with Crippen molar-refractivity contribution in [2.45, 2.75) is 0 Å². The van der Waals surface area contributed by atoms with Gasteiger partial charge in [-0.2, -0.15) is 9.97 Å². The molecule has 0 fully saturated rings. The van der Waals surface area contributed by atoms with Gasteiger partial charge in [-0.1, -0.05) is 140 Å². The maximum absolute atomic E-state index is 8.17. The Hall–Kier alpha value is -8.34. The topological polar surface area (TPSA) is 57.8 Å². The lowest BCUT2D eigenvalue weighted by Gasteiger charge is -2.17. The van der Waals surface area contributed by atoms with Crippen molar-refractivity contribution in [2.75, 3.05) is 0 Å². The number of nitrogens with zero attached hydrogens (tertiary/aromatic N) is 7. The van der Waals surface area contributed by atoms with Gasteiger partial charge in [0, 0.05) is 49.1 Å². The molecule has 0 unspecified atom stereocenters. The molecule has 12 aromatic rings. The fraction of sp³-hybridized carbons (Fsp3) is 0. The molecule has 7 heteroatoms. The van der Waals surface area contributed by atoms with E-state index in [9.17, 15) is 0 Å². The molecule has 0 atom stereocenters. The number of benzene rings is 8. The van der Waals surface area contributed by atoms with Crippen LogP contribution in [0.15, 0.2) is 188 Å². The van der Waals surface area contributed by atoms with Crippen LogP contribution in [0.1, 0.15) is 0 Å². The molecule has 4 heterocycles. The summed E-state index contributed by atoms with van der Waals surface area (Å²) in [6, 6.07) is 64.9. The molecular weight excluding hydrogens is 723 g/mol. The number of para-hydroxylation sites is 5. The molecule has 0 aliphatic carbocycles. The van der Waals surface area contributed by atoms with E-state index in [1.807, 2.05) is 54.6 Å². The first-order valence-electron chi connectivity index (χ1n) is 19.6. The Balaban J connectivity index is 1.23. The monoisotopic (exact) mass is 753 g/mol. The Kier molecular flexibility index (Phi) is 7.16. The molecule has 0 saturated carbocycles. The van der Waals surface area contributed by atoms with Crippen molar-refractivity contribution in [1.82, 2.24) is 28.7 Å². The van der Waals surface area contributed by atoms with Crippen LogP contribution >= 0.6 is 0 Å². The molecule has 0 bridgehead atoms. The van der Waals surface area contributed by atoms with Gasteiger partial charge in [0.15, 0.2) is 17.3 Å². The quantitative estimate of drug-likeness (QED) is 0.164. The highest BCUT2D eigenvalue weighted by Gasteiger charge is 2.25. The van der Waals surface area contributed by atoms with Gasteiger partial charge in [0.2, 0.25) is 5.95 Å². The highest BCUT2D eigenvalue weighted by atomic mass is 15.2. The normalized spacial score (nSPS) is 11.7. The Morgan fingerprint density at radius 1 is 0.390 bits per heavy atom. The van der Waals surface area contributed by atoms with Crippen molar-refractivity contribution < 1.29 is 0 Å². The van der Waals surface area contributed by atoms with Crippen LogP contribution in [-0.4, -0.2) is 28.7 Å². The van der Waals surface area contributed by atoms with E-state index in [0.717, 1.165) is 82.5 Å². The molecule has 0 N–H and O–H groups in total. The maximum Gasteiger partial charge on any atom is 0.238 e. The van der Waals surface area contributed by atoms with Crippen molar-refractivity contribution in [3.8, 4) is 40.1 Å². The molecule has 0 aliphatic rings. The number of rotatable bonds is 5. The van der Waals surface area contributed by atoms with E-state index in [1.54, 1.807) is 0 Å². The minimum Gasteiger partial charge on any atom is -0.307 e. The van der Waals surface area contributed by atoms with Crippen LogP contribution in [0.2, 0.25) is 0 Å².